The fourth-order valence-corrected chi connectivity index (χ4v) is 4.34. The molecular formula is C19H23BrN4O2S. The summed E-state index contributed by atoms with van der Waals surface area (Å²) in [6, 6.07) is 7.56. The number of hydrogen-bond donors (Lipinski definition) is 2. The molecule has 1 aromatic carbocycles. The van der Waals surface area contributed by atoms with Crippen LogP contribution in [-0.4, -0.2) is 41.3 Å². The van der Waals surface area contributed by atoms with E-state index in [4.69, 9.17) is 0 Å². The van der Waals surface area contributed by atoms with Crippen molar-refractivity contribution in [2.45, 2.75) is 26.7 Å². The maximum absolute atomic E-state index is 12.6. The number of anilines is 2. The number of halogens is 1. The quantitative estimate of drug-likeness (QED) is 0.725. The van der Waals surface area contributed by atoms with Gasteiger partial charge >= 0.3 is 0 Å². The van der Waals surface area contributed by atoms with Crippen LogP contribution >= 0.6 is 27.3 Å². The zero-order valence-corrected chi connectivity index (χ0v) is 17.8. The molecule has 27 heavy (non-hydrogen) atoms. The fraction of sp³-hybridized carbons (Fsp3) is 0.421. The highest BCUT2D eigenvalue weighted by molar-refractivity contribution is 9.10. The molecule has 1 unspecified atom stereocenters. The number of amides is 2. The molecule has 1 atom stereocenters. The standard InChI is InChI=1S/C19H23BrN4O2S/c1-12-13(2)27-19(21-12)23-17(25)11-24-8-4-5-14(10-24)18(26)22-16-7-3-6-15(20)9-16/h3,6-7,9,14H,4-5,8,10-11H2,1-2H3,(H,22,26)(H,21,23,25). The monoisotopic (exact) mass is 450 g/mol. The summed E-state index contributed by atoms with van der Waals surface area (Å²) >= 11 is 4.89. The predicted molar refractivity (Wildman–Crippen MR) is 112 cm³/mol. The maximum atomic E-state index is 12.6. The number of nitrogens with zero attached hydrogens (tertiary/aromatic N) is 2. The van der Waals surface area contributed by atoms with Crippen LogP contribution in [0.15, 0.2) is 28.7 Å². The first kappa shape index (κ1) is 20.0. The molecule has 1 fully saturated rings. The Morgan fingerprint density at radius 2 is 2.15 bits per heavy atom. The number of nitrogens with one attached hydrogen (secondary N) is 2. The average Bonchev–Trinajstić information content (AvgIpc) is 2.92. The summed E-state index contributed by atoms with van der Waals surface area (Å²) in [5, 5.41) is 6.47. The molecule has 2 N–H and O–H groups in total. The van der Waals surface area contributed by atoms with E-state index in [1.165, 1.54) is 11.3 Å². The lowest BCUT2D eigenvalue weighted by Crippen LogP contribution is -2.43. The van der Waals surface area contributed by atoms with Gasteiger partial charge in [0.1, 0.15) is 0 Å². The number of carbonyl (C=O) groups excluding carboxylic acids is 2. The molecule has 6 nitrogen and oxygen atoms in total. The van der Waals surface area contributed by atoms with Gasteiger partial charge in [0.25, 0.3) is 0 Å². The van der Waals surface area contributed by atoms with E-state index in [-0.39, 0.29) is 24.3 Å². The second-order valence-corrected chi connectivity index (χ2v) is 8.90. The molecule has 3 rings (SSSR count). The summed E-state index contributed by atoms with van der Waals surface area (Å²) < 4.78 is 0.926. The maximum Gasteiger partial charge on any atom is 0.240 e. The van der Waals surface area contributed by atoms with Gasteiger partial charge in [0.15, 0.2) is 5.13 Å². The lowest BCUT2D eigenvalue weighted by molar-refractivity contribution is -0.123. The number of hydrogen-bond acceptors (Lipinski definition) is 5. The van der Waals surface area contributed by atoms with Crippen LogP contribution in [0.2, 0.25) is 0 Å². The van der Waals surface area contributed by atoms with Crippen LogP contribution in [-0.2, 0) is 9.59 Å². The van der Waals surface area contributed by atoms with Crippen molar-refractivity contribution < 1.29 is 9.59 Å². The first-order valence-corrected chi connectivity index (χ1v) is 10.5. The van der Waals surface area contributed by atoms with Crippen molar-refractivity contribution in [3.63, 3.8) is 0 Å². The summed E-state index contributed by atoms with van der Waals surface area (Å²) in [4.78, 5) is 32.4. The lowest BCUT2D eigenvalue weighted by Gasteiger charge is -2.31. The van der Waals surface area contributed by atoms with Crippen molar-refractivity contribution in [2.24, 2.45) is 5.92 Å². The highest BCUT2D eigenvalue weighted by Crippen LogP contribution is 2.22. The predicted octanol–water partition coefficient (Wildman–Crippen LogP) is 3.81. The minimum Gasteiger partial charge on any atom is -0.326 e. The van der Waals surface area contributed by atoms with Gasteiger partial charge in [0.05, 0.1) is 18.2 Å². The van der Waals surface area contributed by atoms with Crippen molar-refractivity contribution in [1.82, 2.24) is 9.88 Å². The van der Waals surface area contributed by atoms with Gasteiger partial charge in [-0.15, -0.1) is 11.3 Å². The number of aromatic nitrogens is 1. The van der Waals surface area contributed by atoms with Crippen molar-refractivity contribution in [1.29, 1.82) is 0 Å². The van der Waals surface area contributed by atoms with E-state index in [1.54, 1.807) is 0 Å². The van der Waals surface area contributed by atoms with Gasteiger partial charge in [-0.3, -0.25) is 14.5 Å². The molecule has 0 aliphatic carbocycles. The summed E-state index contributed by atoms with van der Waals surface area (Å²) in [5.41, 5.74) is 1.72. The van der Waals surface area contributed by atoms with Crippen LogP contribution in [0.3, 0.4) is 0 Å². The van der Waals surface area contributed by atoms with Crippen LogP contribution in [0.25, 0.3) is 0 Å². The van der Waals surface area contributed by atoms with Gasteiger partial charge in [-0.05, 0) is 51.4 Å². The lowest BCUT2D eigenvalue weighted by atomic mass is 9.97. The molecule has 2 aromatic rings. The third kappa shape index (κ3) is 5.60. The Kier molecular flexibility index (Phi) is 6.62. The Morgan fingerprint density at radius 3 is 2.85 bits per heavy atom. The van der Waals surface area contributed by atoms with Crippen molar-refractivity contribution in [3.05, 3.63) is 39.3 Å². The fourth-order valence-electron chi connectivity index (χ4n) is 3.11. The van der Waals surface area contributed by atoms with E-state index in [2.05, 4.69) is 31.5 Å². The Hall–Kier alpha value is -1.77. The third-order valence-corrected chi connectivity index (χ3v) is 6.09. The summed E-state index contributed by atoms with van der Waals surface area (Å²) in [6.07, 6.45) is 1.74. The van der Waals surface area contributed by atoms with E-state index >= 15 is 0 Å². The zero-order chi connectivity index (χ0) is 19.4. The second kappa shape index (κ2) is 8.95. The number of aryl methyl sites for hydroxylation is 2. The summed E-state index contributed by atoms with van der Waals surface area (Å²) in [5.74, 6) is -0.198. The summed E-state index contributed by atoms with van der Waals surface area (Å²) in [6.45, 7) is 5.61. The topological polar surface area (TPSA) is 74.3 Å². The average molecular weight is 451 g/mol. The van der Waals surface area contributed by atoms with Gasteiger partial charge in [-0.25, -0.2) is 4.98 Å². The van der Waals surface area contributed by atoms with Crippen LogP contribution in [0.5, 0.6) is 0 Å². The number of piperidine rings is 1. The minimum absolute atomic E-state index is 0.00406. The van der Waals surface area contributed by atoms with Crippen molar-refractivity contribution >= 4 is 49.9 Å². The highest BCUT2D eigenvalue weighted by Gasteiger charge is 2.27. The van der Waals surface area contributed by atoms with Crippen LogP contribution in [0.4, 0.5) is 10.8 Å². The molecule has 0 bridgehead atoms. The number of benzene rings is 1. The van der Waals surface area contributed by atoms with Crippen LogP contribution in [0.1, 0.15) is 23.4 Å². The zero-order valence-electron chi connectivity index (χ0n) is 15.4. The Labute approximate surface area is 171 Å². The molecule has 0 radical (unpaired) electrons. The third-order valence-electron chi connectivity index (χ3n) is 4.61. The smallest absolute Gasteiger partial charge is 0.240 e. The Morgan fingerprint density at radius 1 is 1.33 bits per heavy atom. The molecule has 2 heterocycles. The molecule has 0 saturated carbocycles. The minimum atomic E-state index is -0.116. The Balaban J connectivity index is 1.52. The Bertz CT molecular complexity index is 819. The molecule has 1 aliphatic rings. The molecule has 8 heteroatoms. The number of rotatable bonds is 5. The van der Waals surface area contributed by atoms with Crippen LogP contribution < -0.4 is 10.6 Å². The number of likely N-dealkylation sites (tertiary alicyclic amines) is 1. The molecular weight excluding hydrogens is 428 g/mol. The highest BCUT2D eigenvalue weighted by atomic mass is 79.9. The van der Waals surface area contributed by atoms with E-state index in [1.807, 2.05) is 43.0 Å². The van der Waals surface area contributed by atoms with Gasteiger partial charge < -0.3 is 10.6 Å². The molecule has 144 valence electrons. The van der Waals surface area contributed by atoms with Gasteiger partial charge in [-0.1, -0.05) is 22.0 Å². The SMILES string of the molecule is Cc1nc(NC(=O)CN2CCCC(C(=O)Nc3cccc(Br)c3)C2)sc1C. The first-order valence-electron chi connectivity index (χ1n) is 8.93. The largest absolute Gasteiger partial charge is 0.326 e. The number of thiazole rings is 1. The van der Waals surface area contributed by atoms with E-state index < -0.39 is 0 Å². The normalized spacial score (nSPS) is 17.5. The van der Waals surface area contributed by atoms with E-state index in [0.717, 1.165) is 40.1 Å². The molecule has 0 spiro atoms. The van der Waals surface area contributed by atoms with E-state index in [9.17, 15) is 9.59 Å². The molecule has 1 saturated heterocycles. The molecule has 1 aliphatic heterocycles. The number of carbonyl (C=O) groups is 2. The van der Waals surface area contributed by atoms with E-state index in [0.29, 0.717) is 11.7 Å². The van der Waals surface area contributed by atoms with Crippen molar-refractivity contribution in [2.75, 3.05) is 30.3 Å². The van der Waals surface area contributed by atoms with Gasteiger partial charge in [-0.2, -0.15) is 0 Å². The van der Waals surface area contributed by atoms with Crippen molar-refractivity contribution in [3.8, 4) is 0 Å². The molecule has 1 aromatic heterocycles. The van der Waals surface area contributed by atoms with Crippen LogP contribution in [0, 0.1) is 19.8 Å². The second-order valence-electron chi connectivity index (χ2n) is 6.78. The van der Waals surface area contributed by atoms with Gasteiger partial charge in [0.2, 0.25) is 11.8 Å². The molecule has 2 amide bonds. The summed E-state index contributed by atoms with van der Waals surface area (Å²) in [7, 11) is 0. The van der Waals surface area contributed by atoms with Gasteiger partial charge in [0, 0.05) is 21.6 Å². The first-order chi connectivity index (χ1) is 12.9.